The minimum Gasteiger partial charge on any atom is -0.480 e. The summed E-state index contributed by atoms with van der Waals surface area (Å²) in [6.07, 6.45) is 31.1. The van der Waals surface area contributed by atoms with Crippen molar-refractivity contribution in [1.29, 1.82) is 0 Å². The van der Waals surface area contributed by atoms with E-state index in [4.69, 9.17) is 24.8 Å². The third-order valence-corrected chi connectivity index (χ3v) is 8.87. The molecule has 0 saturated heterocycles. The van der Waals surface area contributed by atoms with Crippen molar-refractivity contribution in [3.05, 3.63) is 24.3 Å². The SMILES string of the molecule is CCCC/C=C\CCCCCCCC(=O)OC[C@H](COP(=O)(O)OC[C@H](N)C(=O)O)OC(=O)CCCCCCC/C=C\CCCCCCC. The molecule has 0 aliphatic heterocycles. The predicted molar refractivity (Wildman–Crippen MR) is 194 cm³/mol. The van der Waals surface area contributed by atoms with Crippen molar-refractivity contribution >= 4 is 25.7 Å². The fourth-order valence-electron chi connectivity index (χ4n) is 4.86. The molecule has 49 heavy (non-hydrogen) atoms. The van der Waals surface area contributed by atoms with Gasteiger partial charge in [-0.25, -0.2) is 4.57 Å². The maximum Gasteiger partial charge on any atom is 0.472 e. The van der Waals surface area contributed by atoms with Crippen LogP contribution in [-0.4, -0.2) is 59.9 Å². The molecule has 1 unspecified atom stereocenters. The number of phosphoric acid groups is 1. The molecule has 12 heteroatoms. The van der Waals surface area contributed by atoms with Gasteiger partial charge in [0.05, 0.1) is 13.2 Å². The van der Waals surface area contributed by atoms with Gasteiger partial charge in [-0.1, -0.05) is 115 Å². The van der Waals surface area contributed by atoms with Crippen molar-refractivity contribution in [1.82, 2.24) is 0 Å². The first kappa shape index (κ1) is 47.0. The molecule has 286 valence electrons. The van der Waals surface area contributed by atoms with E-state index >= 15 is 0 Å². The lowest BCUT2D eigenvalue weighted by Gasteiger charge is -2.20. The van der Waals surface area contributed by atoms with E-state index in [1.54, 1.807) is 0 Å². The minimum atomic E-state index is -4.71. The summed E-state index contributed by atoms with van der Waals surface area (Å²) < 4.78 is 32.5. The summed E-state index contributed by atoms with van der Waals surface area (Å²) >= 11 is 0. The van der Waals surface area contributed by atoms with Gasteiger partial charge in [0, 0.05) is 12.8 Å². The molecule has 0 saturated carbocycles. The van der Waals surface area contributed by atoms with Crippen LogP contribution in [0.5, 0.6) is 0 Å². The molecular formula is C37H68NO10P. The molecule has 0 heterocycles. The molecule has 0 amide bonds. The second kappa shape index (κ2) is 33.1. The number of hydrogen-bond donors (Lipinski definition) is 3. The molecule has 0 spiro atoms. The average Bonchev–Trinajstić information content (AvgIpc) is 3.07. The van der Waals surface area contributed by atoms with E-state index in [-0.39, 0.29) is 19.4 Å². The molecule has 3 atom stereocenters. The lowest BCUT2D eigenvalue weighted by molar-refractivity contribution is -0.161. The summed E-state index contributed by atoms with van der Waals surface area (Å²) in [4.78, 5) is 45.7. The molecule has 11 nitrogen and oxygen atoms in total. The van der Waals surface area contributed by atoms with Crippen LogP contribution in [0.4, 0.5) is 0 Å². The second-order valence-electron chi connectivity index (χ2n) is 12.7. The maximum atomic E-state index is 12.5. The maximum absolute atomic E-state index is 12.5. The number of aliphatic carboxylic acids is 1. The molecule has 0 aliphatic rings. The number of carbonyl (C=O) groups excluding carboxylic acids is 2. The molecule has 0 rings (SSSR count). The highest BCUT2D eigenvalue weighted by Crippen LogP contribution is 2.43. The summed E-state index contributed by atoms with van der Waals surface area (Å²) in [5.41, 5.74) is 5.31. The summed E-state index contributed by atoms with van der Waals surface area (Å²) in [7, 11) is -4.71. The number of rotatable bonds is 35. The number of esters is 2. The molecule has 0 aromatic heterocycles. The third kappa shape index (κ3) is 32.9. The van der Waals surface area contributed by atoms with Gasteiger partial charge in [-0.15, -0.1) is 0 Å². The van der Waals surface area contributed by atoms with Crippen LogP contribution in [0.1, 0.15) is 162 Å². The van der Waals surface area contributed by atoms with E-state index < -0.39 is 51.1 Å². The average molecular weight is 718 g/mol. The standard InChI is InChI=1S/C37H68NO10P/c1-3-5-7-9-11-13-15-16-17-19-21-23-25-27-29-36(40)48-33(31-46-49(43,44)47-32-34(38)37(41)42)30-45-35(39)28-26-24-22-20-18-14-12-10-8-6-4-2/h10,12,15-16,33-34H,3-9,11,13-14,17-32,38H2,1-2H3,(H,41,42)(H,43,44)/b12-10-,16-15-/t33-,34+/m1/s1. The van der Waals surface area contributed by atoms with Gasteiger partial charge in [0.2, 0.25) is 0 Å². The van der Waals surface area contributed by atoms with Crippen LogP contribution in [0.15, 0.2) is 24.3 Å². The number of phosphoric ester groups is 1. The van der Waals surface area contributed by atoms with Crippen LogP contribution in [-0.2, 0) is 37.5 Å². The van der Waals surface area contributed by atoms with E-state index in [0.717, 1.165) is 77.0 Å². The van der Waals surface area contributed by atoms with E-state index in [2.05, 4.69) is 42.7 Å². The lowest BCUT2D eigenvalue weighted by Crippen LogP contribution is -2.34. The number of allylic oxidation sites excluding steroid dienone is 4. The number of unbranched alkanes of at least 4 members (excludes halogenated alkanes) is 17. The van der Waals surface area contributed by atoms with Gasteiger partial charge in [0.25, 0.3) is 0 Å². The van der Waals surface area contributed by atoms with Crippen LogP contribution in [0.25, 0.3) is 0 Å². The van der Waals surface area contributed by atoms with Crippen LogP contribution in [0.3, 0.4) is 0 Å². The number of carboxylic acid groups (broad SMARTS) is 1. The van der Waals surface area contributed by atoms with Crippen LogP contribution in [0, 0.1) is 0 Å². The minimum absolute atomic E-state index is 0.150. The number of carbonyl (C=O) groups is 3. The first-order valence-corrected chi connectivity index (χ1v) is 20.4. The molecule has 0 radical (unpaired) electrons. The van der Waals surface area contributed by atoms with Crippen molar-refractivity contribution in [3.63, 3.8) is 0 Å². The molecule has 4 N–H and O–H groups in total. The Hall–Kier alpha value is -2.04. The highest BCUT2D eigenvalue weighted by Gasteiger charge is 2.28. The van der Waals surface area contributed by atoms with Crippen molar-refractivity contribution in [2.45, 2.75) is 174 Å². The van der Waals surface area contributed by atoms with Crippen molar-refractivity contribution < 1.29 is 47.5 Å². The zero-order chi connectivity index (χ0) is 36.4. The van der Waals surface area contributed by atoms with Crippen molar-refractivity contribution in [2.75, 3.05) is 19.8 Å². The topological polar surface area (TPSA) is 172 Å². The van der Waals surface area contributed by atoms with Gasteiger partial charge in [0.15, 0.2) is 6.10 Å². The van der Waals surface area contributed by atoms with Gasteiger partial charge in [-0.3, -0.25) is 23.4 Å². The first-order chi connectivity index (χ1) is 23.6. The Kier molecular flexibility index (Phi) is 31.7. The van der Waals surface area contributed by atoms with E-state index in [9.17, 15) is 23.8 Å². The number of nitrogens with two attached hydrogens (primary N) is 1. The predicted octanol–water partition coefficient (Wildman–Crippen LogP) is 9.11. The molecule has 0 aliphatic carbocycles. The van der Waals surface area contributed by atoms with Gasteiger partial charge in [-0.2, -0.15) is 0 Å². The van der Waals surface area contributed by atoms with Crippen molar-refractivity contribution in [2.24, 2.45) is 5.73 Å². The van der Waals surface area contributed by atoms with E-state index in [1.807, 2.05) is 0 Å². The zero-order valence-electron chi connectivity index (χ0n) is 30.5. The Morgan fingerprint density at radius 1 is 0.612 bits per heavy atom. The Balaban J connectivity index is 4.47. The summed E-state index contributed by atoms with van der Waals surface area (Å²) in [6, 6.07) is -1.52. The number of carboxylic acids is 1. The van der Waals surface area contributed by atoms with Gasteiger partial charge >= 0.3 is 25.7 Å². The second-order valence-corrected chi connectivity index (χ2v) is 14.2. The van der Waals surface area contributed by atoms with Crippen LogP contribution < -0.4 is 5.73 Å². The molecule has 0 aromatic carbocycles. The summed E-state index contributed by atoms with van der Waals surface area (Å²) in [5, 5.41) is 8.85. The Labute approximate surface area is 296 Å². The largest absolute Gasteiger partial charge is 0.480 e. The van der Waals surface area contributed by atoms with Crippen LogP contribution >= 0.6 is 7.82 Å². The molecule has 0 bridgehead atoms. The molecular weight excluding hydrogens is 649 g/mol. The van der Waals surface area contributed by atoms with E-state index in [0.29, 0.717) is 12.8 Å². The first-order valence-electron chi connectivity index (χ1n) is 18.9. The quantitative estimate of drug-likeness (QED) is 0.0247. The normalized spacial score (nSPS) is 14.2. The fourth-order valence-corrected chi connectivity index (χ4v) is 5.64. The van der Waals surface area contributed by atoms with E-state index in [1.165, 1.54) is 44.9 Å². The smallest absolute Gasteiger partial charge is 0.472 e. The monoisotopic (exact) mass is 717 g/mol. The third-order valence-electron chi connectivity index (χ3n) is 7.92. The highest BCUT2D eigenvalue weighted by molar-refractivity contribution is 7.47. The van der Waals surface area contributed by atoms with Crippen molar-refractivity contribution in [3.8, 4) is 0 Å². The molecule has 0 fully saturated rings. The van der Waals surface area contributed by atoms with Gasteiger partial charge in [0.1, 0.15) is 12.6 Å². The zero-order valence-corrected chi connectivity index (χ0v) is 31.4. The van der Waals surface area contributed by atoms with Crippen LogP contribution in [0.2, 0.25) is 0 Å². The van der Waals surface area contributed by atoms with Gasteiger partial charge in [-0.05, 0) is 57.8 Å². The fraction of sp³-hybridized carbons (Fsp3) is 0.811. The Morgan fingerprint density at radius 2 is 1.04 bits per heavy atom. The molecule has 0 aromatic rings. The lowest BCUT2D eigenvalue weighted by atomic mass is 10.1. The number of hydrogen-bond acceptors (Lipinski definition) is 9. The Morgan fingerprint density at radius 3 is 1.55 bits per heavy atom. The Bertz CT molecular complexity index is 942. The summed E-state index contributed by atoms with van der Waals surface area (Å²) in [6.45, 7) is 2.71. The highest BCUT2D eigenvalue weighted by atomic mass is 31.2. The number of ether oxygens (including phenoxy) is 2. The summed E-state index contributed by atoms with van der Waals surface area (Å²) in [5.74, 6) is -2.40. The van der Waals surface area contributed by atoms with Gasteiger partial charge < -0.3 is 25.2 Å².